The van der Waals surface area contributed by atoms with Crippen molar-refractivity contribution >= 4 is 0 Å². The SMILES string of the molecule is CCC(O)(CC)C(O)Cc1cc(F)cc(F)c1. The first-order valence-corrected chi connectivity index (χ1v) is 5.76. The van der Waals surface area contributed by atoms with Crippen molar-refractivity contribution in [3.63, 3.8) is 0 Å². The maximum absolute atomic E-state index is 13.0. The van der Waals surface area contributed by atoms with Crippen molar-refractivity contribution < 1.29 is 19.0 Å². The molecule has 0 aliphatic rings. The van der Waals surface area contributed by atoms with Crippen molar-refractivity contribution in [1.82, 2.24) is 0 Å². The minimum atomic E-state index is -1.21. The van der Waals surface area contributed by atoms with E-state index in [9.17, 15) is 19.0 Å². The Labute approximate surface area is 99.9 Å². The van der Waals surface area contributed by atoms with Crippen molar-refractivity contribution in [3.05, 3.63) is 35.4 Å². The van der Waals surface area contributed by atoms with Crippen LogP contribution in [0.1, 0.15) is 32.3 Å². The minimum absolute atomic E-state index is 0.0346. The van der Waals surface area contributed by atoms with Crippen LogP contribution in [0.3, 0.4) is 0 Å². The molecular weight excluding hydrogens is 226 g/mol. The lowest BCUT2D eigenvalue weighted by Crippen LogP contribution is -2.42. The molecule has 2 N–H and O–H groups in total. The predicted octanol–water partition coefficient (Wildman–Crippen LogP) is 2.42. The van der Waals surface area contributed by atoms with Crippen LogP contribution in [0.25, 0.3) is 0 Å². The number of hydrogen-bond donors (Lipinski definition) is 2. The zero-order valence-corrected chi connectivity index (χ0v) is 10.1. The molecule has 0 aliphatic carbocycles. The Hall–Kier alpha value is -1.00. The van der Waals surface area contributed by atoms with Gasteiger partial charge >= 0.3 is 0 Å². The van der Waals surface area contributed by atoms with E-state index in [2.05, 4.69) is 0 Å². The van der Waals surface area contributed by atoms with Crippen molar-refractivity contribution in [3.8, 4) is 0 Å². The van der Waals surface area contributed by atoms with E-state index in [1.807, 2.05) is 0 Å². The van der Waals surface area contributed by atoms with E-state index in [1.165, 1.54) is 0 Å². The van der Waals surface area contributed by atoms with Crippen LogP contribution < -0.4 is 0 Å². The quantitative estimate of drug-likeness (QED) is 0.835. The lowest BCUT2D eigenvalue weighted by molar-refractivity contribution is -0.0790. The van der Waals surface area contributed by atoms with Crippen molar-refractivity contribution in [2.45, 2.75) is 44.8 Å². The molecule has 1 atom stereocenters. The van der Waals surface area contributed by atoms with Crippen LogP contribution in [0, 0.1) is 11.6 Å². The van der Waals surface area contributed by atoms with Gasteiger partial charge in [-0.15, -0.1) is 0 Å². The molecule has 0 heterocycles. The third-order valence-electron chi connectivity index (χ3n) is 3.20. The van der Waals surface area contributed by atoms with Gasteiger partial charge in [-0.05, 0) is 30.5 Å². The summed E-state index contributed by atoms with van der Waals surface area (Å²) in [7, 11) is 0. The van der Waals surface area contributed by atoms with E-state index in [1.54, 1.807) is 13.8 Å². The highest BCUT2D eigenvalue weighted by molar-refractivity contribution is 5.19. The molecule has 2 nitrogen and oxygen atoms in total. The molecule has 0 amide bonds. The van der Waals surface area contributed by atoms with Crippen LogP contribution in [0.15, 0.2) is 18.2 Å². The Kier molecular flexibility index (Phi) is 4.60. The Balaban J connectivity index is 2.83. The van der Waals surface area contributed by atoms with Gasteiger partial charge < -0.3 is 10.2 Å². The highest BCUT2D eigenvalue weighted by atomic mass is 19.1. The number of rotatable bonds is 5. The molecule has 0 bridgehead atoms. The normalized spacial score (nSPS) is 13.8. The second-order valence-corrected chi connectivity index (χ2v) is 4.31. The smallest absolute Gasteiger partial charge is 0.126 e. The van der Waals surface area contributed by atoms with Crippen LogP contribution in [-0.4, -0.2) is 21.9 Å². The van der Waals surface area contributed by atoms with Crippen LogP contribution >= 0.6 is 0 Å². The molecule has 17 heavy (non-hydrogen) atoms. The van der Waals surface area contributed by atoms with Crippen LogP contribution in [0.5, 0.6) is 0 Å². The van der Waals surface area contributed by atoms with Gasteiger partial charge in [-0.1, -0.05) is 13.8 Å². The van der Waals surface area contributed by atoms with Crippen LogP contribution in [-0.2, 0) is 6.42 Å². The van der Waals surface area contributed by atoms with E-state index in [-0.39, 0.29) is 6.42 Å². The summed E-state index contributed by atoms with van der Waals surface area (Å²) in [6.07, 6.45) is -0.212. The molecule has 4 heteroatoms. The Morgan fingerprint density at radius 2 is 1.59 bits per heavy atom. The lowest BCUT2D eigenvalue weighted by atomic mass is 9.87. The molecule has 0 saturated heterocycles. The average Bonchev–Trinajstić information content (AvgIpc) is 2.26. The molecule has 0 aliphatic heterocycles. The molecule has 96 valence electrons. The first-order valence-electron chi connectivity index (χ1n) is 5.76. The van der Waals surface area contributed by atoms with Gasteiger partial charge in [0.2, 0.25) is 0 Å². The summed E-state index contributed by atoms with van der Waals surface area (Å²) in [5.74, 6) is -1.35. The largest absolute Gasteiger partial charge is 0.390 e. The number of benzene rings is 1. The van der Waals surface area contributed by atoms with Gasteiger partial charge in [0.25, 0.3) is 0 Å². The maximum atomic E-state index is 13.0. The topological polar surface area (TPSA) is 40.5 Å². The summed E-state index contributed by atoms with van der Waals surface area (Å²) < 4.78 is 25.9. The maximum Gasteiger partial charge on any atom is 0.126 e. The molecule has 1 unspecified atom stereocenters. The first kappa shape index (κ1) is 14.1. The van der Waals surface area contributed by atoms with E-state index in [4.69, 9.17) is 0 Å². The van der Waals surface area contributed by atoms with E-state index >= 15 is 0 Å². The zero-order chi connectivity index (χ0) is 13.1. The summed E-state index contributed by atoms with van der Waals surface area (Å²) >= 11 is 0. The summed E-state index contributed by atoms with van der Waals surface area (Å²) in [5.41, 5.74) is -0.863. The Morgan fingerprint density at radius 1 is 1.12 bits per heavy atom. The molecule has 0 aromatic heterocycles. The predicted molar refractivity (Wildman–Crippen MR) is 61.6 cm³/mol. The second-order valence-electron chi connectivity index (χ2n) is 4.31. The zero-order valence-electron chi connectivity index (χ0n) is 10.1. The molecule has 0 fully saturated rings. The van der Waals surface area contributed by atoms with Crippen molar-refractivity contribution in [1.29, 1.82) is 0 Å². The standard InChI is InChI=1S/C13H18F2O2/c1-3-13(17,4-2)12(16)7-9-5-10(14)8-11(15)6-9/h5-6,8,12,16-17H,3-4,7H2,1-2H3. The summed E-state index contributed by atoms with van der Waals surface area (Å²) in [4.78, 5) is 0. The third-order valence-corrected chi connectivity index (χ3v) is 3.20. The van der Waals surface area contributed by atoms with Gasteiger partial charge in [-0.3, -0.25) is 0 Å². The van der Waals surface area contributed by atoms with Crippen LogP contribution in [0.2, 0.25) is 0 Å². The molecule has 0 saturated carbocycles. The summed E-state index contributed by atoms with van der Waals surface area (Å²) in [5, 5.41) is 20.0. The van der Waals surface area contributed by atoms with Crippen molar-refractivity contribution in [2.24, 2.45) is 0 Å². The first-order chi connectivity index (χ1) is 7.91. The van der Waals surface area contributed by atoms with Gasteiger partial charge in [0, 0.05) is 12.5 Å². The molecule has 0 radical (unpaired) electrons. The van der Waals surface area contributed by atoms with Gasteiger partial charge in [0.1, 0.15) is 11.6 Å². The van der Waals surface area contributed by atoms with E-state index in [0.717, 1.165) is 18.2 Å². The lowest BCUT2D eigenvalue weighted by Gasteiger charge is -2.31. The number of aliphatic hydroxyl groups excluding tert-OH is 1. The Morgan fingerprint density at radius 3 is 2.00 bits per heavy atom. The fourth-order valence-electron chi connectivity index (χ4n) is 1.86. The number of aliphatic hydroxyl groups is 2. The van der Waals surface area contributed by atoms with Gasteiger partial charge in [0.15, 0.2) is 0 Å². The fourth-order valence-corrected chi connectivity index (χ4v) is 1.86. The van der Waals surface area contributed by atoms with Gasteiger partial charge in [-0.2, -0.15) is 0 Å². The second kappa shape index (κ2) is 5.56. The molecule has 0 spiro atoms. The van der Waals surface area contributed by atoms with E-state index in [0.29, 0.717) is 18.4 Å². The summed E-state index contributed by atoms with van der Waals surface area (Å²) in [6, 6.07) is 3.11. The monoisotopic (exact) mass is 244 g/mol. The van der Waals surface area contributed by atoms with Crippen LogP contribution in [0.4, 0.5) is 8.78 Å². The van der Waals surface area contributed by atoms with Crippen molar-refractivity contribution in [2.75, 3.05) is 0 Å². The highest BCUT2D eigenvalue weighted by Gasteiger charge is 2.31. The molecular formula is C13H18F2O2. The summed E-state index contributed by atoms with van der Waals surface area (Å²) in [6.45, 7) is 3.53. The van der Waals surface area contributed by atoms with E-state index < -0.39 is 23.3 Å². The molecule has 1 aromatic rings. The molecule has 1 aromatic carbocycles. The Bertz CT molecular complexity index is 355. The number of hydrogen-bond acceptors (Lipinski definition) is 2. The molecule has 1 rings (SSSR count). The fraction of sp³-hybridized carbons (Fsp3) is 0.538. The van der Waals surface area contributed by atoms with Gasteiger partial charge in [-0.25, -0.2) is 8.78 Å². The third kappa shape index (κ3) is 3.48. The number of halogens is 2. The van der Waals surface area contributed by atoms with Gasteiger partial charge in [0.05, 0.1) is 11.7 Å². The minimum Gasteiger partial charge on any atom is -0.390 e. The average molecular weight is 244 g/mol. The highest BCUT2D eigenvalue weighted by Crippen LogP contribution is 2.23.